The number of hydrogen-bond donors (Lipinski definition) is 2. The number of hydrogen-bond acceptors (Lipinski definition) is 3. The Balaban J connectivity index is 1.90. The van der Waals surface area contributed by atoms with Gasteiger partial charge in [-0.1, -0.05) is 18.2 Å². The molecule has 22 heavy (non-hydrogen) atoms. The highest BCUT2D eigenvalue weighted by molar-refractivity contribution is 5.96. The molecule has 0 fully saturated rings. The Labute approximate surface area is 126 Å². The molecule has 114 valence electrons. The lowest BCUT2D eigenvalue weighted by Gasteiger charge is -2.02. The van der Waals surface area contributed by atoms with Gasteiger partial charge in [-0.05, 0) is 25.1 Å². The van der Waals surface area contributed by atoms with Gasteiger partial charge in [0.25, 0.3) is 11.8 Å². The van der Waals surface area contributed by atoms with Crippen LogP contribution in [0.1, 0.15) is 21.7 Å². The van der Waals surface area contributed by atoms with Gasteiger partial charge in [-0.3, -0.25) is 25.1 Å². The number of halogens is 1. The van der Waals surface area contributed by atoms with Gasteiger partial charge in [0.15, 0.2) is 5.69 Å². The van der Waals surface area contributed by atoms with E-state index >= 15 is 0 Å². The maximum absolute atomic E-state index is 13.4. The topological polar surface area (TPSA) is 76.0 Å². The van der Waals surface area contributed by atoms with Crippen molar-refractivity contribution in [2.75, 3.05) is 0 Å². The second-order valence-electron chi connectivity index (χ2n) is 4.59. The fourth-order valence-corrected chi connectivity index (χ4v) is 1.67. The van der Waals surface area contributed by atoms with Crippen molar-refractivity contribution in [3.63, 3.8) is 0 Å². The molecule has 0 saturated carbocycles. The van der Waals surface area contributed by atoms with Gasteiger partial charge >= 0.3 is 0 Å². The van der Waals surface area contributed by atoms with E-state index in [2.05, 4.69) is 16.0 Å². The van der Waals surface area contributed by atoms with Gasteiger partial charge in [-0.15, -0.1) is 0 Å². The molecule has 0 aliphatic carbocycles. The van der Waals surface area contributed by atoms with Crippen LogP contribution in [0.5, 0.6) is 0 Å². The summed E-state index contributed by atoms with van der Waals surface area (Å²) in [6.45, 7) is 1.81. The highest BCUT2D eigenvalue weighted by Gasteiger charge is 2.11. The minimum absolute atomic E-state index is 0.193. The lowest BCUT2D eigenvalue weighted by Crippen LogP contribution is -2.41. The van der Waals surface area contributed by atoms with E-state index in [1.165, 1.54) is 18.2 Å². The zero-order valence-corrected chi connectivity index (χ0v) is 12.1. The van der Waals surface area contributed by atoms with Gasteiger partial charge in [0.05, 0.1) is 0 Å². The number of rotatable bonds is 3. The van der Waals surface area contributed by atoms with Crippen LogP contribution in [0.2, 0.25) is 0 Å². The summed E-state index contributed by atoms with van der Waals surface area (Å²) in [5, 5.41) is 3.98. The molecule has 2 amide bonds. The summed E-state index contributed by atoms with van der Waals surface area (Å²) in [5.74, 6) is -1.54. The molecular formula is C15H15FN4O2. The van der Waals surface area contributed by atoms with Crippen molar-refractivity contribution >= 4 is 17.9 Å². The maximum Gasteiger partial charge on any atom is 0.290 e. The molecule has 1 aromatic heterocycles. The van der Waals surface area contributed by atoms with Crippen LogP contribution in [0, 0.1) is 12.7 Å². The third-order valence-corrected chi connectivity index (χ3v) is 2.97. The normalized spacial score (nSPS) is 10.7. The first-order chi connectivity index (χ1) is 10.5. The van der Waals surface area contributed by atoms with Crippen molar-refractivity contribution in [2.45, 2.75) is 6.92 Å². The van der Waals surface area contributed by atoms with Crippen LogP contribution >= 0.6 is 0 Å². The lowest BCUT2D eigenvalue weighted by molar-refractivity contribution is -0.117. The highest BCUT2D eigenvalue weighted by atomic mass is 19.1. The molecule has 7 heteroatoms. The lowest BCUT2D eigenvalue weighted by atomic mass is 10.2. The molecule has 0 atom stereocenters. The Morgan fingerprint density at radius 2 is 2.00 bits per heavy atom. The van der Waals surface area contributed by atoms with Crippen LogP contribution in [0.25, 0.3) is 6.08 Å². The van der Waals surface area contributed by atoms with E-state index in [0.29, 0.717) is 0 Å². The molecule has 1 heterocycles. The smallest absolute Gasteiger partial charge is 0.272 e. The van der Waals surface area contributed by atoms with E-state index in [-0.39, 0.29) is 11.3 Å². The zero-order valence-electron chi connectivity index (χ0n) is 12.1. The van der Waals surface area contributed by atoms with E-state index in [1.54, 1.807) is 36.9 Å². The maximum atomic E-state index is 13.4. The largest absolute Gasteiger partial charge is 0.290 e. The van der Waals surface area contributed by atoms with Crippen molar-refractivity contribution in [3.8, 4) is 0 Å². The molecule has 2 N–H and O–H groups in total. The molecule has 0 aliphatic heterocycles. The third kappa shape index (κ3) is 3.78. The molecule has 1 aromatic carbocycles. The van der Waals surface area contributed by atoms with Crippen LogP contribution in [-0.2, 0) is 11.8 Å². The Kier molecular flexibility index (Phi) is 4.67. The number of carbonyl (C=O) groups is 2. The predicted molar refractivity (Wildman–Crippen MR) is 79.0 cm³/mol. The molecule has 6 nitrogen and oxygen atoms in total. The van der Waals surface area contributed by atoms with E-state index in [1.807, 2.05) is 0 Å². The van der Waals surface area contributed by atoms with Gasteiger partial charge in [0, 0.05) is 24.4 Å². The van der Waals surface area contributed by atoms with Gasteiger partial charge in [0.2, 0.25) is 0 Å². The molecule has 0 bridgehead atoms. The molecule has 0 aliphatic rings. The number of nitrogens with one attached hydrogen (secondary N) is 2. The predicted octanol–water partition coefficient (Wildman–Crippen LogP) is 1.34. The fraction of sp³-hybridized carbons (Fsp3) is 0.133. The minimum Gasteiger partial charge on any atom is -0.272 e. The fourth-order valence-electron chi connectivity index (χ4n) is 1.67. The van der Waals surface area contributed by atoms with E-state index in [4.69, 9.17) is 0 Å². The quantitative estimate of drug-likeness (QED) is 0.663. The monoisotopic (exact) mass is 302 g/mol. The molecule has 0 saturated heterocycles. The van der Waals surface area contributed by atoms with E-state index in [9.17, 15) is 14.0 Å². The van der Waals surface area contributed by atoms with Crippen molar-refractivity contribution < 1.29 is 14.0 Å². The SMILES string of the molecule is Cc1cc(C(=O)NNC(=O)C=Cc2ccccc2F)nn1C. The van der Waals surface area contributed by atoms with Gasteiger partial charge in [0.1, 0.15) is 5.82 Å². The number of amides is 2. The number of carbonyl (C=O) groups excluding carboxylic acids is 2. The van der Waals surface area contributed by atoms with Crippen molar-refractivity contribution in [1.29, 1.82) is 0 Å². The Morgan fingerprint density at radius 3 is 2.64 bits per heavy atom. The zero-order chi connectivity index (χ0) is 16.1. The number of hydrazine groups is 1. The standard InChI is InChI=1S/C15H15FN4O2/c1-10-9-13(19-20(10)2)15(22)18-17-14(21)8-7-11-5-3-4-6-12(11)16/h3-9H,1-2H3,(H,17,21)(H,18,22). The van der Waals surface area contributed by atoms with Crippen LogP contribution in [0.15, 0.2) is 36.4 Å². The first-order valence-corrected chi connectivity index (χ1v) is 6.51. The summed E-state index contributed by atoms with van der Waals surface area (Å²) >= 11 is 0. The van der Waals surface area contributed by atoms with E-state index < -0.39 is 17.6 Å². The summed E-state index contributed by atoms with van der Waals surface area (Å²) in [7, 11) is 1.71. The van der Waals surface area contributed by atoms with Crippen LogP contribution < -0.4 is 10.9 Å². The first kappa shape index (κ1) is 15.4. The van der Waals surface area contributed by atoms with Crippen LogP contribution in [0.3, 0.4) is 0 Å². The molecule has 0 radical (unpaired) electrons. The molecule has 2 rings (SSSR count). The van der Waals surface area contributed by atoms with Crippen LogP contribution in [0.4, 0.5) is 4.39 Å². The number of aryl methyl sites for hydroxylation is 2. The van der Waals surface area contributed by atoms with Gasteiger partial charge in [-0.2, -0.15) is 5.10 Å². The summed E-state index contributed by atoms with van der Waals surface area (Å²) in [4.78, 5) is 23.3. The molecule has 2 aromatic rings. The molecule has 0 spiro atoms. The Morgan fingerprint density at radius 1 is 1.27 bits per heavy atom. The summed E-state index contributed by atoms with van der Waals surface area (Å²) in [6, 6.07) is 7.64. The van der Waals surface area contributed by atoms with E-state index in [0.717, 1.165) is 11.8 Å². The first-order valence-electron chi connectivity index (χ1n) is 6.51. The van der Waals surface area contributed by atoms with Gasteiger partial charge in [-0.25, -0.2) is 4.39 Å². The average Bonchev–Trinajstić information content (AvgIpc) is 2.83. The van der Waals surface area contributed by atoms with Crippen LogP contribution in [-0.4, -0.2) is 21.6 Å². The Bertz CT molecular complexity index is 717. The second kappa shape index (κ2) is 6.66. The van der Waals surface area contributed by atoms with Gasteiger partial charge < -0.3 is 0 Å². The second-order valence-corrected chi connectivity index (χ2v) is 4.59. The van der Waals surface area contributed by atoms with Crippen molar-refractivity contribution in [3.05, 3.63) is 59.2 Å². The minimum atomic E-state index is -0.579. The number of nitrogens with zero attached hydrogens (tertiary/aromatic N) is 2. The number of benzene rings is 1. The average molecular weight is 302 g/mol. The third-order valence-electron chi connectivity index (χ3n) is 2.97. The van der Waals surface area contributed by atoms with Crippen molar-refractivity contribution in [2.24, 2.45) is 7.05 Å². The number of aromatic nitrogens is 2. The summed E-state index contributed by atoms with van der Waals surface area (Å²) < 4.78 is 14.9. The summed E-state index contributed by atoms with van der Waals surface area (Å²) in [5.41, 5.74) is 5.72. The molecule has 0 unspecified atom stereocenters. The summed E-state index contributed by atoms with van der Waals surface area (Å²) in [6.07, 6.45) is 2.45. The molecular weight excluding hydrogens is 287 g/mol. The Hall–Kier alpha value is -2.96. The van der Waals surface area contributed by atoms with Crippen molar-refractivity contribution in [1.82, 2.24) is 20.6 Å². The highest BCUT2D eigenvalue weighted by Crippen LogP contribution is 2.07.